The Morgan fingerprint density at radius 3 is 1.93 bits per heavy atom. The van der Waals surface area contributed by atoms with Crippen molar-refractivity contribution in [3.05, 3.63) is 123 Å². The zero-order valence-electron chi connectivity index (χ0n) is 16.2. The second kappa shape index (κ2) is 8.84. The number of hydrogen-bond donors (Lipinski definition) is 1. The third kappa shape index (κ3) is 4.61. The molecule has 1 amide bonds. The van der Waals surface area contributed by atoms with Gasteiger partial charge in [0.25, 0.3) is 5.91 Å². The summed E-state index contributed by atoms with van der Waals surface area (Å²) in [6, 6.07) is 30.1. The zero-order chi connectivity index (χ0) is 20.1. The smallest absolute Gasteiger partial charge is 0.264 e. The van der Waals surface area contributed by atoms with Gasteiger partial charge in [0, 0.05) is 6.42 Å². The first-order valence-corrected chi connectivity index (χ1v) is 10.4. The fraction of sp³-hybridized carbons (Fsp3) is 0.120. The summed E-state index contributed by atoms with van der Waals surface area (Å²) in [7, 11) is 0. The lowest BCUT2D eigenvalue weighted by Gasteiger charge is -2.19. The van der Waals surface area contributed by atoms with Crippen molar-refractivity contribution >= 4 is 17.2 Å². The highest BCUT2D eigenvalue weighted by Crippen LogP contribution is 2.25. The van der Waals surface area contributed by atoms with E-state index >= 15 is 0 Å². The standard InChI is InChI=1S/C25H22N2OS/c1-18-24(29-22(26-18)17-19-11-5-2-6-12-19)25(28)27-23(20-13-7-3-8-14-20)21-15-9-4-10-16-21/h2-16,23H,17H2,1H3,(H,27,28). The lowest BCUT2D eigenvalue weighted by atomic mass is 9.98. The van der Waals surface area contributed by atoms with Gasteiger partial charge in [0.1, 0.15) is 4.88 Å². The van der Waals surface area contributed by atoms with Crippen molar-refractivity contribution in [2.24, 2.45) is 0 Å². The van der Waals surface area contributed by atoms with Gasteiger partial charge in [0.15, 0.2) is 0 Å². The van der Waals surface area contributed by atoms with E-state index < -0.39 is 0 Å². The first-order chi connectivity index (χ1) is 14.2. The number of carbonyl (C=O) groups is 1. The van der Waals surface area contributed by atoms with E-state index in [1.54, 1.807) is 0 Å². The van der Waals surface area contributed by atoms with Crippen LogP contribution in [0.4, 0.5) is 0 Å². The highest BCUT2D eigenvalue weighted by atomic mass is 32.1. The molecule has 0 unspecified atom stereocenters. The number of carbonyl (C=O) groups excluding carboxylic acids is 1. The third-order valence-corrected chi connectivity index (χ3v) is 5.94. The average molecular weight is 399 g/mol. The maximum absolute atomic E-state index is 13.1. The zero-order valence-corrected chi connectivity index (χ0v) is 17.0. The van der Waals surface area contributed by atoms with Crippen LogP contribution in [0.25, 0.3) is 0 Å². The van der Waals surface area contributed by atoms with Crippen LogP contribution in [0, 0.1) is 6.92 Å². The summed E-state index contributed by atoms with van der Waals surface area (Å²) in [6.07, 6.45) is 0.737. The van der Waals surface area contributed by atoms with E-state index in [2.05, 4.69) is 22.4 Å². The van der Waals surface area contributed by atoms with E-state index in [1.165, 1.54) is 16.9 Å². The van der Waals surface area contributed by atoms with Gasteiger partial charge in [-0.05, 0) is 23.6 Å². The molecule has 0 atom stereocenters. The van der Waals surface area contributed by atoms with E-state index in [1.807, 2.05) is 85.8 Å². The monoisotopic (exact) mass is 398 g/mol. The molecule has 144 valence electrons. The van der Waals surface area contributed by atoms with Crippen LogP contribution in [-0.4, -0.2) is 10.9 Å². The van der Waals surface area contributed by atoms with Crippen molar-refractivity contribution in [2.75, 3.05) is 0 Å². The van der Waals surface area contributed by atoms with Gasteiger partial charge in [0.2, 0.25) is 0 Å². The molecular weight excluding hydrogens is 376 g/mol. The molecule has 0 aliphatic heterocycles. The Hall–Kier alpha value is -3.24. The first kappa shape index (κ1) is 19.1. The lowest BCUT2D eigenvalue weighted by Crippen LogP contribution is -2.29. The van der Waals surface area contributed by atoms with Crippen LogP contribution in [0.3, 0.4) is 0 Å². The van der Waals surface area contributed by atoms with Crippen LogP contribution >= 0.6 is 11.3 Å². The van der Waals surface area contributed by atoms with Gasteiger partial charge in [0.05, 0.1) is 16.7 Å². The molecule has 0 spiro atoms. The normalized spacial score (nSPS) is 10.8. The second-order valence-electron chi connectivity index (χ2n) is 6.91. The minimum atomic E-state index is -0.205. The molecule has 1 N–H and O–H groups in total. The summed E-state index contributed by atoms with van der Waals surface area (Å²) in [4.78, 5) is 18.5. The molecule has 0 aliphatic carbocycles. The molecular formula is C25H22N2OS. The minimum absolute atomic E-state index is 0.0861. The summed E-state index contributed by atoms with van der Waals surface area (Å²) in [5.41, 5.74) is 4.08. The Labute approximate surface area is 175 Å². The quantitative estimate of drug-likeness (QED) is 0.462. The topological polar surface area (TPSA) is 42.0 Å². The maximum atomic E-state index is 13.1. The number of nitrogens with zero attached hydrogens (tertiary/aromatic N) is 1. The van der Waals surface area contributed by atoms with Crippen molar-refractivity contribution in [3.63, 3.8) is 0 Å². The van der Waals surface area contributed by atoms with Gasteiger partial charge in [-0.3, -0.25) is 4.79 Å². The molecule has 0 saturated carbocycles. The SMILES string of the molecule is Cc1nc(Cc2ccccc2)sc1C(=O)NC(c1ccccc1)c1ccccc1. The number of amides is 1. The summed E-state index contributed by atoms with van der Waals surface area (Å²) < 4.78 is 0. The van der Waals surface area contributed by atoms with Crippen LogP contribution in [0.1, 0.15) is 43.1 Å². The number of nitrogens with one attached hydrogen (secondary N) is 1. The molecule has 4 aromatic rings. The Morgan fingerprint density at radius 1 is 0.862 bits per heavy atom. The Bertz CT molecular complexity index is 1040. The van der Waals surface area contributed by atoms with Crippen molar-refractivity contribution in [2.45, 2.75) is 19.4 Å². The molecule has 29 heavy (non-hydrogen) atoms. The first-order valence-electron chi connectivity index (χ1n) is 9.61. The fourth-order valence-electron chi connectivity index (χ4n) is 3.36. The number of hydrogen-bond acceptors (Lipinski definition) is 3. The largest absolute Gasteiger partial charge is 0.340 e. The molecule has 1 aromatic heterocycles. The molecule has 3 nitrogen and oxygen atoms in total. The van der Waals surface area contributed by atoms with Gasteiger partial charge < -0.3 is 5.32 Å². The van der Waals surface area contributed by atoms with Crippen LogP contribution < -0.4 is 5.32 Å². The van der Waals surface area contributed by atoms with Crippen molar-refractivity contribution in [3.8, 4) is 0 Å². The molecule has 0 aliphatic rings. The van der Waals surface area contributed by atoms with Crippen molar-refractivity contribution < 1.29 is 4.79 Å². The summed E-state index contributed by atoms with van der Waals surface area (Å²) in [5.74, 6) is -0.0861. The lowest BCUT2D eigenvalue weighted by molar-refractivity contribution is 0.0946. The van der Waals surface area contributed by atoms with Crippen LogP contribution in [0.2, 0.25) is 0 Å². The van der Waals surface area contributed by atoms with E-state index in [4.69, 9.17) is 0 Å². The van der Waals surface area contributed by atoms with E-state index in [0.29, 0.717) is 4.88 Å². The highest BCUT2D eigenvalue weighted by Gasteiger charge is 2.21. The summed E-state index contributed by atoms with van der Waals surface area (Å²) in [6.45, 7) is 1.90. The Morgan fingerprint density at radius 2 is 1.38 bits per heavy atom. The van der Waals surface area contributed by atoms with Crippen LogP contribution in [0.5, 0.6) is 0 Å². The van der Waals surface area contributed by atoms with Crippen molar-refractivity contribution in [1.29, 1.82) is 0 Å². The van der Waals surface area contributed by atoms with Crippen molar-refractivity contribution in [1.82, 2.24) is 10.3 Å². The molecule has 0 fully saturated rings. The molecule has 1 heterocycles. The minimum Gasteiger partial charge on any atom is -0.340 e. The van der Waals surface area contributed by atoms with Gasteiger partial charge in [-0.25, -0.2) is 4.98 Å². The number of benzene rings is 3. The molecule has 3 aromatic carbocycles. The molecule has 0 bridgehead atoms. The maximum Gasteiger partial charge on any atom is 0.264 e. The van der Waals surface area contributed by atoms with Gasteiger partial charge in [-0.1, -0.05) is 91.0 Å². The third-order valence-electron chi connectivity index (χ3n) is 4.79. The molecule has 4 rings (SSSR count). The van der Waals surface area contributed by atoms with E-state index in [0.717, 1.165) is 28.2 Å². The van der Waals surface area contributed by atoms with Crippen LogP contribution in [0.15, 0.2) is 91.0 Å². The number of aromatic nitrogens is 1. The van der Waals surface area contributed by atoms with Gasteiger partial charge in [-0.15, -0.1) is 11.3 Å². The number of thiazole rings is 1. The van der Waals surface area contributed by atoms with E-state index in [-0.39, 0.29) is 11.9 Å². The fourth-order valence-corrected chi connectivity index (χ4v) is 4.36. The molecule has 0 radical (unpaired) electrons. The predicted octanol–water partition coefficient (Wildman–Crippen LogP) is 5.56. The average Bonchev–Trinajstić information content (AvgIpc) is 3.14. The summed E-state index contributed by atoms with van der Waals surface area (Å²) in [5, 5.41) is 4.17. The second-order valence-corrected chi connectivity index (χ2v) is 8.00. The number of aryl methyl sites for hydroxylation is 1. The van der Waals surface area contributed by atoms with Crippen LogP contribution in [-0.2, 0) is 6.42 Å². The van der Waals surface area contributed by atoms with Gasteiger partial charge in [-0.2, -0.15) is 0 Å². The Balaban J connectivity index is 1.58. The van der Waals surface area contributed by atoms with E-state index in [9.17, 15) is 4.79 Å². The molecule has 0 saturated heterocycles. The Kier molecular flexibility index (Phi) is 5.82. The predicted molar refractivity (Wildman–Crippen MR) is 118 cm³/mol. The molecule has 4 heteroatoms. The van der Waals surface area contributed by atoms with Gasteiger partial charge >= 0.3 is 0 Å². The highest BCUT2D eigenvalue weighted by molar-refractivity contribution is 7.13. The number of rotatable bonds is 6. The summed E-state index contributed by atoms with van der Waals surface area (Å²) >= 11 is 1.47.